The van der Waals surface area contributed by atoms with Crippen LogP contribution in [-0.4, -0.2) is 27.6 Å². The van der Waals surface area contributed by atoms with Gasteiger partial charge < -0.3 is 10.1 Å². The van der Waals surface area contributed by atoms with E-state index in [2.05, 4.69) is 5.32 Å². The maximum atomic E-state index is 12.8. The van der Waals surface area contributed by atoms with Gasteiger partial charge in [0.1, 0.15) is 6.54 Å². The molecule has 0 aliphatic rings. The second kappa shape index (κ2) is 9.73. The van der Waals surface area contributed by atoms with Crippen LogP contribution in [-0.2, 0) is 27.4 Å². The Morgan fingerprint density at radius 3 is 2.30 bits per heavy atom. The van der Waals surface area contributed by atoms with Gasteiger partial charge in [-0.25, -0.2) is 9.59 Å². The van der Waals surface area contributed by atoms with Gasteiger partial charge in [-0.1, -0.05) is 31.2 Å². The minimum absolute atomic E-state index is 0.0689. The first kappa shape index (κ1) is 21.1. The molecule has 3 aromatic rings. The fraction of sp³-hybridized carbons (Fsp3) is 0.261. The highest BCUT2D eigenvalue weighted by molar-refractivity contribution is 5.92. The van der Waals surface area contributed by atoms with E-state index in [0.29, 0.717) is 18.8 Å². The molecule has 0 aliphatic carbocycles. The Morgan fingerprint density at radius 2 is 1.67 bits per heavy atom. The van der Waals surface area contributed by atoms with Gasteiger partial charge in [0.2, 0.25) is 5.91 Å². The van der Waals surface area contributed by atoms with Gasteiger partial charge in [0.25, 0.3) is 0 Å². The normalized spacial score (nSPS) is 11.1. The summed E-state index contributed by atoms with van der Waals surface area (Å²) in [6, 6.07) is 14.5. The first-order valence-corrected chi connectivity index (χ1v) is 9.96. The molecule has 30 heavy (non-hydrogen) atoms. The number of rotatable bonds is 8. The van der Waals surface area contributed by atoms with Crippen LogP contribution in [0.5, 0.6) is 0 Å². The highest BCUT2D eigenvalue weighted by atomic mass is 16.5. The van der Waals surface area contributed by atoms with Crippen molar-refractivity contribution in [1.82, 2.24) is 9.13 Å². The molecule has 7 heteroatoms. The number of hydrogen-bond donors (Lipinski definition) is 1. The predicted molar refractivity (Wildman–Crippen MR) is 117 cm³/mol. The van der Waals surface area contributed by atoms with Crippen molar-refractivity contribution in [1.29, 1.82) is 0 Å². The molecular weight excluding hydrogens is 382 g/mol. The Hall–Kier alpha value is -3.61. The van der Waals surface area contributed by atoms with Gasteiger partial charge in [0.05, 0.1) is 17.6 Å². The van der Waals surface area contributed by atoms with Crippen LogP contribution in [0.2, 0.25) is 0 Å². The number of esters is 1. The van der Waals surface area contributed by atoms with E-state index in [0.717, 1.165) is 23.0 Å². The third-order valence-corrected chi connectivity index (χ3v) is 4.57. The average Bonchev–Trinajstić information content (AvgIpc) is 3.00. The van der Waals surface area contributed by atoms with Crippen molar-refractivity contribution < 1.29 is 14.3 Å². The summed E-state index contributed by atoms with van der Waals surface area (Å²) >= 11 is 0. The molecule has 1 heterocycles. The van der Waals surface area contributed by atoms with Gasteiger partial charge >= 0.3 is 11.7 Å². The topological polar surface area (TPSA) is 82.3 Å². The standard InChI is InChI=1S/C23H25N3O4/c1-3-15-25-19-7-5-6-8-20(19)26(23(25)29)16-21(27)24-18-12-9-17(10-13-18)11-14-22(28)30-4-2/h5-14H,3-4,15-16H2,1-2H3,(H,24,27)/b14-11+. The number of aromatic nitrogens is 2. The summed E-state index contributed by atoms with van der Waals surface area (Å²) in [5.74, 6) is -0.686. The van der Waals surface area contributed by atoms with E-state index in [1.807, 2.05) is 31.2 Å². The van der Waals surface area contributed by atoms with Crippen LogP contribution in [0.25, 0.3) is 17.1 Å². The number of amides is 1. The lowest BCUT2D eigenvalue weighted by molar-refractivity contribution is -0.137. The second-order valence-corrected chi connectivity index (χ2v) is 6.76. The second-order valence-electron chi connectivity index (χ2n) is 6.76. The molecule has 0 aliphatic heterocycles. The van der Waals surface area contributed by atoms with E-state index in [4.69, 9.17) is 4.74 Å². The van der Waals surface area contributed by atoms with E-state index in [1.54, 1.807) is 41.8 Å². The molecule has 0 saturated heterocycles. The minimum Gasteiger partial charge on any atom is -0.463 e. The Labute approximate surface area is 174 Å². The molecule has 1 amide bonds. The fourth-order valence-electron chi connectivity index (χ4n) is 3.24. The van der Waals surface area contributed by atoms with Crippen LogP contribution < -0.4 is 11.0 Å². The number of imidazole rings is 1. The number of para-hydroxylation sites is 2. The summed E-state index contributed by atoms with van der Waals surface area (Å²) in [7, 11) is 0. The number of anilines is 1. The van der Waals surface area contributed by atoms with Crippen LogP contribution in [0, 0.1) is 0 Å². The average molecular weight is 407 g/mol. The molecule has 0 radical (unpaired) electrons. The van der Waals surface area contributed by atoms with Gasteiger partial charge in [-0.15, -0.1) is 0 Å². The van der Waals surface area contributed by atoms with Crippen molar-refractivity contribution >= 4 is 34.7 Å². The minimum atomic E-state index is -0.400. The van der Waals surface area contributed by atoms with Crippen LogP contribution in [0.4, 0.5) is 5.69 Å². The monoisotopic (exact) mass is 407 g/mol. The maximum Gasteiger partial charge on any atom is 0.330 e. The van der Waals surface area contributed by atoms with Crippen LogP contribution in [0.3, 0.4) is 0 Å². The van der Waals surface area contributed by atoms with Crippen molar-refractivity contribution in [3.05, 3.63) is 70.7 Å². The van der Waals surface area contributed by atoms with E-state index in [-0.39, 0.29) is 18.1 Å². The zero-order valence-electron chi connectivity index (χ0n) is 17.1. The number of carbonyl (C=O) groups excluding carboxylic acids is 2. The summed E-state index contributed by atoms with van der Waals surface area (Å²) < 4.78 is 8.04. The van der Waals surface area contributed by atoms with E-state index in [9.17, 15) is 14.4 Å². The molecule has 0 bridgehead atoms. The lowest BCUT2D eigenvalue weighted by Gasteiger charge is -2.07. The molecule has 0 unspecified atom stereocenters. The number of aryl methyl sites for hydroxylation is 1. The van der Waals surface area contributed by atoms with Crippen molar-refractivity contribution in [3.8, 4) is 0 Å². The van der Waals surface area contributed by atoms with Crippen molar-refractivity contribution in [2.45, 2.75) is 33.4 Å². The Bertz CT molecular complexity index is 1120. The highest BCUT2D eigenvalue weighted by Crippen LogP contribution is 2.14. The number of carbonyl (C=O) groups is 2. The molecule has 2 aromatic carbocycles. The summed E-state index contributed by atoms with van der Waals surface area (Å²) in [6.07, 6.45) is 3.83. The molecule has 156 valence electrons. The molecule has 7 nitrogen and oxygen atoms in total. The van der Waals surface area contributed by atoms with Crippen LogP contribution in [0.15, 0.2) is 59.4 Å². The number of hydrogen-bond acceptors (Lipinski definition) is 4. The maximum absolute atomic E-state index is 12.8. The third kappa shape index (κ3) is 4.86. The van der Waals surface area contributed by atoms with Crippen LogP contribution in [0.1, 0.15) is 25.8 Å². The van der Waals surface area contributed by atoms with Crippen molar-refractivity contribution in [2.24, 2.45) is 0 Å². The summed E-state index contributed by atoms with van der Waals surface area (Å²) in [5.41, 5.74) is 2.80. The Morgan fingerprint density at radius 1 is 1.00 bits per heavy atom. The van der Waals surface area contributed by atoms with E-state index in [1.165, 1.54) is 10.6 Å². The smallest absolute Gasteiger partial charge is 0.330 e. The van der Waals surface area contributed by atoms with Gasteiger partial charge in [0, 0.05) is 18.3 Å². The lowest BCUT2D eigenvalue weighted by Crippen LogP contribution is -2.29. The lowest BCUT2D eigenvalue weighted by atomic mass is 10.2. The van der Waals surface area contributed by atoms with Gasteiger partial charge in [-0.2, -0.15) is 0 Å². The Balaban J connectivity index is 1.71. The van der Waals surface area contributed by atoms with Crippen LogP contribution >= 0.6 is 0 Å². The van der Waals surface area contributed by atoms with Gasteiger partial charge in [0.15, 0.2) is 0 Å². The third-order valence-electron chi connectivity index (χ3n) is 4.57. The van der Waals surface area contributed by atoms with E-state index < -0.39 is 5.97 Å². The first-order valence-electron chi connectivity index (χ1n) is 9.96. The number of fused-ring (bicyclic) bond motifs is 1. The van der Waals surface area contributed by atoms with Gasteiger partial charge in [-0.3, -0.25) is 13.9 Å². The van der Waals surface area contributed by atoms with Gasteiger partial charge in [-0.05, 0) is 49.2 Å². The SMILES string of the molecule is CCCn1c(=O)n(CC(=O)Nc2ccc(/C=C/C(=O)OCC)cc2)c2ccccc21. The zero-order chi connectivity index (χ0) is 21.5. The highest BCUT2D eigenvalue weighted by Gasteiger charge is 2.14. The molecule has 1 N–H and O–H groups in total. The zero-order valence-corrected chi connectivity index (χ0v) is 17.1. The largest absolute Gasteiger partial charge is 0.463 e. The summed E-state index contributed by atoms with van der Waals surface area (Å²) in [6.45, 7) is 4.62. The molecular formula is C23H25N3O4. The van der Waals surface area contributed by atoms with Crippen molar-refractivity contribution in [2.75, 3.05) is 11.9 Å². The molecule has 0 atom stereocenters. The van der Waals surface area contributed by atoms with Crippen molar-refractivity contribution in [3.63, 3.8) is 0 Å². The molecule has 0 saturated carbocycles. The number of nitrogens with one attached hydrogen (secondary N) is 1. The number of benzene rings is 2. The summed E-state index contributed by atoms with van der Waals surface area (Å²) in [5, 5.41) is 2.81. The first-order chi connectivity index (χ1) is 14.5. The quantitative estimate of drug-likeness (QED) is 0.458. The molecule has 3 rings (SSSR count). The molecule has 1 aromatic heterocycles. The Kier molecular flexibility index (Phi) is 6.85. The predicted octanol–water partition coefficient (Wildman–Crippen LogP) is 3.43. The number of ether oxygens (including phenoxy) is 1. The summed E-state index contributed by atoms with van der Waals surface area (Å²) in [4.78, 5) is 36.7. The number of nitrogens with zero attached hydrogens (tertiary/aromatic N) is 2. The van der Waals surface area contributed by atoms with E-state index >= 15 is 0 Å². The molecule has 0 spiro atoms. The fourth-order valence-corrected chi connectivity index (χ4v) is 3.24. The molecule has 0 fully saturated rings.